The van der Waals surface area contributed by atoms with Crippen LogP contribution in [0.4, 0.5) is 25.2 Å². The number of hydrogen-bond acceptors (Lipinski definition) is 0. The first-order chi connectivity index (χ1) is 4.18. The fourth-order valence-electron chi connectivity index (χ4n) is 0. The maximum absolute atomic E-state index is 10.7. The van der Waals surface area contributed by atoms with E-state index < -0.39 is 7.81 Å². The summed E-state index contributed by atoms with van der Waals surface area (Å²) in [5, 5.41) is 0. The fourth-order valence-corrected chi connectivity index (χ4v) is 0. The van der Waals surface area contributed by atoms with Crippen molar-refractivity contribution in [2.75, 3.05) is 20.0 Å². The van der Waals surface area contributed by atoms with Gasteiger partial charge >= 0.3 is 33.0 Å². The van der Waals surface area contributed by atoms with Crippen LogP contribution in [-0.4, -0.2) is 20.0 Å². The maximum atomic E-state index is 9.87. The van der Waals surface area contributed by atoms with Crippen molar-refractivity contribution in [1.29, 1.82) is 0 Å². The van der Waals surface area contributed by atoms with Crippen LogP contribution in [0, 0.1) is 0 Å². The third kappa shape index (κ3) is 3840. The van der Waals surface area contributed by atoms with Gasteiger partial charge in [-0.15, -0.1) is 0 Å². The van der Waals surface area contributed by atoms with E-state index in [4.69, 9.17) is 0 Å². The molecule has 0 heterocycles. The molecule has 11 heavy (non-hydrogen) atoms. The van der Waals surface area contributed by atoms with Gasteiger partial charge in [0.15, 0.2) is 0 Å². The number of hydrogen-bond donors (Lipinski definition) is 0. The second kappa shape index (κ2) is 2.74. The van der Waals surface area contributed by atoms with Gasteiger partial charge in [0.2, 0.25) is 0 Å². The molecule has 74 valence electrons. The molecule has 0 spiro atoms. The van der Waals surface area contributed by atoms with Gasteiger partial charge in [0.05, 0.1) is 0 Å². The Morgan fingerprint density at radius 2 is 0.727 bits per heavy atom. The molecular weight excluding hydrogens is 212 g/mol. The average molecular weight is 222 g/mol. The molecule has 0 aromatic rings. The molecule has 0 aromatic carbocycles. The molecule has 0 atom stereocenters. The molecule has 0 saturated carbocycles. The summed E-state index contributed by atoms with van der Waals surface area (Å²) >= 11 is 0. The van der Waals surface area contributed by atoms with Gasteiger partial charge in [-0.3, -0.25) is 0 Å². The van der Waals surface area contributed by atoms with Gasteiger partial charge in [0.1, 0.15) is 0 Å². The molecule has 0 aliphatic rings. The van der Waals surface area contributed by atoms with E-state index in [1.54, 1.807) is 0 Å². The Morgan fingerprint density at radius 3 is 0.727 bits per heavy atom. The van der Waals surface area contributed by atoms with E-state index >= 15 is 0 Å². The number of rotatable bonds is 0. The summed E-state index contributed by atoms with van der Waals surface area (Å²) < 4.78 is 59.2. The van der Waals surface area contributed by atoms with Crippen molar-refractivity contribution >= 4 is 15.7 Å². The van der Waals surface area contributed by atoms with Crippen molar-refractivity contribution in [3.63, 3.8) is 0 Å². The molecule has 0 amide bonds. The standard InChI is InChI=1S/C3H9P.F6P/c1-4(2)3;1-7(2,3,4,5)6/h1-3H3;/q;-1/p+1. The van der Waals surface area contributed by atoms with Gasteiger partial charge in [-0.2, -0.15) is 0 Å². The Labute approximate surface area is 62.0 Å². The van der Waals surface area contributed by atoms with E-state index in [1.807, 2.05) is 0 Å². The third-order valence-electron chi connectivity index (χ3n) is 0. The van der Waals surface area contributed by atoms with E-state index in [9.17, 15) is 25.2 Å². The van der Waals surface area contributed by atoms with Gasteiger partial charge in [0.25, 0.3) is 0 Å². The van der Waals surface area contributed by atoms with Gasteiger partial charge in [-0.25, -0.2) is 0 Å². The summed E-state index contributed by atoms with van der Waals surface area (Å²) in [6.45, 7) is 6.81. The molecule has 0 aliphatic heterocycles. The van der Waals surface area contributed by atoms with Crippen LogP contribution >= 0.6 is 15.7 Å². The SMILES string of the molecule is C[PH+](C)C.F[P-](F)(F)(F)(F)F. The third-order valence-corrected chi connectivity index (χ3v) is 0. The molecule has 0 unspecified atom stereocenters. The monoisotopic (exact) mass is 222 g/mol. The second-order valence-corrected chi connectivity index (χ2v) is 7.37. The molecule has 0 radical (unpaired) electrons. The molecule has 8 heteroatoms. The van der Waals surface area contributed by atoms with Crippen LogP contribution in [0.15, 0.2) is 0 Å². The summed E-state index contributed by atoms with van der Waals surface area (Å²) in [6, 6.07) is 0. The molecule has 0 bridgehead atoms. The van der Waals surface area contributed by atoms with Crippen LogP contribution in [0.5, 0.6) is 0 Å². The van der Waals surface area contributed by atoms with Crippen LogP contribution in [0.3, 0.4) is 0 Å². The molecular formula is C3H10F6P2. The molecule has 0 N–H and O–H groups in total. The Hall–Kier alpha value is 0.440. The van der Waals surface area contributed by atoms with Gasteiger partial charge < -0.3 is 0 Å². The van der Waals surface area contributed by atoms with E-state index in [1.165, 1.54) is 0 Å². The van der Waals surface area contributed by atoms with Gasteiger partial charge in [0, 0.05) is 20.0 Å². The average Bonchev–Trinajstić information content (AvgIpc) is 1.11. The van der Waals surface area contributed by atoms with E-state index in [-0.39, 0.29) is 7.92 Å². The molecule has 0 saturated heterocycles. The van der Waals surface area contributed by atoms with Crippen LogP contribution < -0.4 is 0 Å². The molecule has 0 aromatic heterocycles. The Kier molecular flexibility index (Phi) is 3.48. The van der Waals surface area contributed by atoms with E-state index in [0.29, 0.717) is 0 Å². The van der Waals surface area contributed by atoms with Crippen LogP contribution in [0.2, 0.25) is 0 Å². The molecule has 0 aliphatic carbocycles. The van der Waals surface area contributed by atoms with Crippen molar-refractivity contribution < 1.29 is 25.2 Å². The molecule has 0 rings (SSSR count). The minimum absolute atomic E-state index is 0.120. The van der Waals surface area contributed by atoms with Crippen molar-refractivity contribution in [2.24, 2.45) is 0 Å². The zero-order valence-corrected chi connectivity index (χ0v) is 8.11. The fraction of sp³-hybridized carbons (Fsp3) is 1.00. The van der Waals surface area contributed by atoms with E-state index in [0.717, 1.165) is 0 Å². The zero-order chi connectivity index (χ0) is 9.99. The Balaban J connectivity index is 0. The predicted octanol–water partition coefficient (Wildman–Crippen LogP) is 4.47. The van der Waals surface area contributed by atoms with E-state index in [2.05, 4.69) is 20.0 Å². The first-order valence-corrected chi connectivity index (χ1v) is 7.54. The topological polar surface area (TPSA) is 0 Å². The van der Waals surface area contributed by atoms with Gasteiger partial charge in [-0.1, -0.05) is 0 Å². The summed E-state index contributed by atoms with van der Waals surface area (Å²) in [4.78, 5) is 0. The Morgan fingerprint density at radius 1 is 0.727 bits per heavy atom. The molecule has 0 nitrogen and oxygen atoms in total. The van der Waals surface area contributed by atoms with Crippen molar-refractivity contribution in [1.82, 2.24) is 0 Å². The quantitative estimate of drug-likeness (QED) is 0.419. The minimum atomic E-state index is -10.7. The summed E-state index contributed by atoms with van der Waals surface area (Å²) in [6.07, 6.45) is 0. The first kappa shape index (κ1) is 14.0. The van der Waals surface area contributed by atoms with Gasteiger partial charge in [-0.05, 0) is 7.92 Å². The summed E-state index contributed by atoms with van der Waals surface area (Å²) in [7, 11) is -10.5. The van der Waals surface area contributed by atoms with Crippen molar-refractivity contribution in [3.05, 3.63) is 0 Å². The predicted molar refractivity (Wildman–Crippen MR) is 39.7 cm³/mol. The normalized spacial score (nSPS) is 18.0. The van der Waals surface area contributed by atoms with Crippen molar-refractivity contribution in [3.8, 4) is 0 Å². The van der Waals surface area contributed by atoms with Crippen LogP contribution in [-0.2, 0) is 0 Å². The molecule has 0 fully saturated rings. The zero-order valence-electron chi connectivity index (χ0n) is 6.22. The van der Waals surface area contributed by atoms with Crippen LogP contribution in [0.1, 0.15) is 0 Å². The van der Waals surface area contributed by atoms with Crippen LogP contribution in [0.25, 0.3) is 0 Å². The summed E-state index contributed by atoms with van der Waals surface area (Å²) in [5.74, 6) is 0. The first-order valence-electron chi connectivity index (χ1n) is 2.51. The number of halogens is 6. The van der Waals surface area contributed by atoms with Crippen molar-refractivity contribution in [2.45, 2.75) is 0 Å². The summed E-state index contributed by atoms with van der Waals surface area (Å²) in [5.41, 5.74) is 0. The second-order valence-electron chi connectivity index (χ2n) is 2.46. The Bertz CT molecular complexity index is 103.